The first kappa shape index (κ1) is 8.19. The van der Waals surface area contributed by atoms with Gasteiger partial charge in [-0.05, 0) is 12.1 Å². The molecule has 2 rings (SSSR count). The number of halogens is 2. The summed E-state index contributed by atoms with van der Waals surface area (Å²) in [5.41, 5.74) is -0.0183. The Morgan fingerprint density at radius 1 is 1.46 bits per heavy atom. The van der Waals surface area contributed by atoms with E-state index in [-0.39, 0.29) is 10.5 Å². The highest BCUT2D eigenvalue weighted by atomic mass is 35.5. The molecule has 1 aromatic heterocycles. The minimum atomic E-state index is -0.576. The Balaban J connectivity index is 2.95. The lowest BCUT2D eigenvalue weighted by Gasteiger charge is -1.97. The Hall–Kier alpha value is -1.42. The van der Waals surface area contributed by atoms with Gasteiger partial charge in [0.2, 0.25) is 0 Å². The fraction of sp³-hybridized carbons (Fsp3) is 0. The van der Waals surface area contributed by atoms with Crippen molar-refractivity contribution >= 4 is 22.6 Å². The molecular weight excluding hydrogens is 195 g/mol. The molecule has 2 aromatic rings. The smallest absolute Gasteiger partial charge is 0.266 e. The molecule has 13 heavy (non-hydrogen) atoms. The number of fused-ring (bicyclic) bond motifs is 1. The van der Waals surface area contributed by atoms with Gasteiger partial charge in [-0.15, -0.1) is 0 Å². The fourth-order valence-electron chi connectivity index (χ4n) is 1.07. The van der Waals surface area contributed by atoms with Gasteiger partial charge in [0, 0.05) is 5.02 Å². The van der Waals surface area contributed by atoms with Crippen LogP contribution >= 0.6 is 11.6 Å². The van der Waals surface area contributed by atoms with Crippen LogP contribution in [0.25, 0.3) is 11.0 Å². The lowest BCUT2D eigenvalue weighted by molar-refractivity contribution is 0.636. The molecule has 5 heteroatoms. The highest BCUT2D eigenvalue weighted by molar-refractivity contribution is 6.31. The number of hydrogen-bond acceptors (Lipinski definition) is 2. The summed E-state index contributed by atoms with van der Waals surface area (Å²) in [4.78, 5) is 16.9. The van der Waals surface area contributed by atoms with Crippen LogP contribution < -0.4 is 5.56 Å². The van der Waals surface area contributed by atoms with Crippen molar-refractivity contribution in [3.05, 3.63) is 39.5 Å². The first-order chi connectivity index (χ1) is 6.16. The monoisotopic (exact) mass is 198 g/mol. The van der Waals surface area contributed by atoms with Gasteiger partial charge in [-0.25, -0.2) is 9.37 Å². The largest absolute Gasteiger partial charge is 0.317 e. The molecule has 0 saturated carbocycles. The van der Waals surface area contributed by atoms with Crippen LogP contribution in [0, 0.1) is 5.82 Å². The molecule has 0 bridgehead atoms. The van der Waals surface area contributed by atoms with Crippen LogP contribution in [0.3, 0.4) is 0 Å². The number of benzene rings is 1. The van der Waals surface area contributed by atoms with E-state index in [1.165, 1.54) is 6.07 Å². The predicted molar refractivity (Wildman–Crippen MR) is 47.3 cm³/mol. The van der Waals surface area contributed by atoms with Gasteiger partial charge >= 0.3 is 0 Å². The summed E-state index contributed by atoms with van der Waals surface area (Å²) in [7, 11) is 0. The third kappa shape index (κ3) is 1.40. The van der Waals surface area contributed by atoms with E-state index < -0.39 is 11.4 Å². The van der Waals surface area contributed by atoms with Gasteiger partial charge < -0.3 is 4.98 Å². The summed E-state index contributed by atoms with van der Waals surface area (Å²) in [5, 5.41) is 0.254. The fourth-order valence-corrected chi connectivity index (χ4v) is 1.27. The Labute approximate surface area is 77.2 Å². The zero-order valence-corrected chi connectivity index (χ0v) is 7.10. The van der Waals surface area contributed by atoms with Crippen molar-refractivity contribution in [3.8, 4) is 0 Å². The Bertz CT molecular complexity index is 523. The van der Waals surface area contributed by atoms with Crippen molar-refractivity contribution in [2.45, 2.75) is 0 Å². The molecule has 0 aliphatic heterocycles. The molecule has 0 fully saturated rings. The topological polar surface area (TPSA) is 45.8 Å². The van der Waals surface area contributed by atoms with Crippen LogP contribution in [-0.4, -0.2) is 9.97 Å². The third-order valence-corrected chi connectivity index (χ3v) is 1.82. The summed E-state index contributed by atoms with van der Waals surface area (Å²) in [6, 6.07) is 2.61. The van der Waals surface area contributed by atoms with Crippen molar-refractivity contribution in [1.82, 2.24) is 9.97 Å². The van der Waals surface area contributed by atoms with Gasteiger partial charge in [-0.3, -0.25) is 4.79 Å². The van der Waals surface area contributed by atoms with Crippen molar-refractivity contribution in [3.63, 3.8) is 0 Å². The van der Waals surface area contributed by atoms with E-state index in [1.807, 2.05) is 0 Å². The lowest BCUT2D eigenvalue weighted by Crippen LogP contribution is -2.05. The standard InChI is InChI=1S/C8H4ClFN2O/c9-4-1-5(10)8-6(2-4)11-3-7(13)12-8/h1-3H,(H,12,13). The zero-order chi connectivity index (χ0) is 9.42. The SMILES string of the molecule is O=c1cnc2cc(Cl)cc(F)c2[nH]1. The predicted octanol–water partition coefficient (Wildman–Crippen LogP) is 1.72. The van der Waals surface area contributed by atoms with Crippen molar-refractivity contribution < 1.29 is 4.39 Å². The van der Waals surface area contributed by atoms with Gasteiger partial charge in [0.05, 0.1) is 11.7 Å². The Morgan fingerprint density at radius 3 is 3.00 bits per heavy atom. The highest BCUT2D eigenvalue weighted by Crippen LogP contribution is 2.17. The van der Waals surface area contributed by atoms with Crippen molar-refractivity contribution in [2.75, 3.05) is 0 Å². The number of H-pyrrole nitrogens is 1. The molecule has 0 radical (unpaired) electrons. The summed E-state index contributed by atoms with van der Waals surface area (Å²) < 4.78 is 13.1. The van der Waals surface area contributed by atoms with Gasteiger partial charge in [0.15, 0.2) is 0 Å². The maximum Gasteiger partial charge on any atom is 0.266 e. The maximum absolute atomic E-state index is 13.1. The molecule has 0 atom stereocenters. The third-order valence-electron chi connectivity index (χ3n) is 1.60. The molecule has 1 N–H and O–H groups in total. The van der Waals surface area contributed by atoms with Gasteiger partial charge in [-0.2, -0.15) is 0 Å². The van der Waals surface area contributed by atoms with Crippen LogP contribution in [0.15, 0.2) is 23.1 Å². The number of aromatic amines is 1. The number of aromatic nitrogens is 2. The molecule has 3 nitrogen and oxygen atoms in total. The molecule has 66 valence electrons. The second-order valence-electron chi connectivity index (χ2n) is 2.53. The number of hydrogen-bond donors (Lipinski definition) is 1. The van der Waals surface area contributed by atoms with E-state index in [9.17, 15) is 9.18 Å². The average Bonchev–Trinajstić information content (AvgIpc) is 2.06. The van der Waals surface area contributed by atoms with Crippen LogP contribution in [0.4, 0.5) is 4.39 Å². The van der Waals surface area contributed by atoms with Crippen LogP contribution in [0.5, 0.6) is 0 Å². The molecule has 1 heterocycles. The molecule has 0 aliphatic carbocycles. The van der Waals surface area contributed by atoms with E-state index >= 15 is 0 Å². The molecule has 0 saturated heterocycles. The first-order valence-corrected chi connectivity index (χ1v) is 3.89. The van der Waals surface area contributed by atoms with Gasteiger partial charge in [0.25, 0.3) is 5.56 Å². The second-order valence-corrected chi connectivity index (χ2v) is 2.97. The highest BCUT2D eigenvalue weighted by Gasteiger charge is 2.03. The van der Waals surface area contributed by atoms with E-state index in [4.69, 9.17) is 11.6 Å². The van der Waals surface area contributed by atoms with E-state index in [0.717, 1.165) is 12.3 Å². The van der Waals surface area contributed by atoms with E-state index in [1.54, 1.807) is 0 Å². The molecule has 1 aromatic carbocycles. The summed E-state index contributed by atoms with van der Waals surface area (Å²) in [5.74, 6) is -0.576. The number of nitrogens with zero attached hydrogens (tertiary/aromatic N) is 1. The van der Waals surface area contributed by atoms with Crippen LogP contribution in [0.2, 0.25) is 5.02 Å². The molecule has 0 aliphatic rings. The van der Waals surface area contributed by atoms with E-state index in [2.05, 4.69) is 9.97 Å². The quantitative estimate of drug-likeness (QED) is 0.701. The molecule has 0 unspecified atom stereocenters. The summed E-state index contributed by atoms with van der Waals surface area (Å²) in [6.07, 6.45) is 1.08. The number of nitrogens with one attached hydrogen (secondary N) is 1. The zero-order valence-electron chi connectivity index (χ0n) is 6.34. The molecule has 0 spiro atoms. The lowest BCUT2D eigenvalue weighted by atomic mass is 10.3. The summed E-state index contributed by atoms with van der Waals surface area (Å²) in [6.45, 7) is 0. The van der Waals surface area contributed by atoms with Crippen LogP contribution in [-0.2, 0) is 0 Å². The minimum Gasteiger partial charge on any atom is -0.317 e. The number of rotatable bonds is 0. The molecular formula is C8H4ClFN2O. The van der Waals surface area contributed by atoms with Crippen LogP contribution in [0.1, 0.15) is 0 Å². The van der Waals surface area contributed by atoms with Crippen molar-refractivity contribution in [1.29, 1.82) is 0 Å². The summed E-state index contributed by atoms with van der Waals surface area (Å²) >= 11 is 5.59. The average molecular weight is 199 g/mol. The minimum absolute atomic E-state index is 0.0805. The van der Waals surface area contributed by atoms with Crippen molar-refractivity contribution in [2.24, 2.45) is 0 Å². The molecule has 0 amide bonds. The maximum atomic E-state index is 13.1. The van der Waals surface area contributed by atoms with E-state index in [0.29, 0.717) is 5.52 Å². The normalized spacial score (nSPS) is 10.6. The van der Waals surface area contributed by atoms with Gasteiger partial charge in [0.1, 0.15) is 11.3 Å². The first-order valence-electron chi connectivity index (χ1n) is 3.51. The second kappa shape index (κ2) is 2.81. The Morgan fingerprint density at radius 2 is 2.23 bits per heavy atom. The Kier molecular flexibility index (Phi) is 1.77. The van der Waals surface area contributed by atoms with Gasteiger partial charge in [-0.1, -0.05) is 11.6 Å².